The number of carbonyl (C=O) groups excluding carboxylic acids is 1. The Morgan fingerprint density at radius 1 is 1.54 bits per heavy atom. The number of carbonyl (C=O) groups is 1. The van der Waals surface area contributed by atoms with Crippen molar-refractivity contribution in [1.29, 1.82) is 0 Å². The second kappa shape index (κ2) is 3.12. The van der Waals surface area contributed by atoms with E-state index in [2.05, 4.69) is 9.97 Å². The number of aromatic nitrogens is 2. The van der Waals surface area contributed by atoms with Gasteiger partial charge in [-0.1, -0.05) is 0 Å². The van der Waals surface area contributed by atoms with Crippen LogP contribution >= 0.6 is 0 Å². The zero-order valence-electron chi connectivity index (χ0n) is 7.53. The Kier molecular flexibility index (Phi) is 1.96. The van der Waals surface area contributed by atoms with Gasteiger partial charge < -0.3 is 4.90 Å². The van der Waals surface area contributed by atoms with Crippen molar-refractivity contribution in [1.82, 2.24) is 9.97 Å². The molecule has 13 heavy (non-hydrogen) atoms. The fraction of sp³-hybridized carbons (Fsp3) is 0.444. The highest BCUT2D eigenvalue weighted by Gasteiger charge is 2.21. The maximum absolute atomic E-state index is 11.0. The maximum atomic E-state index is 11.0. The molecule has 0 atom stereocenters. The molecule has 0 unspecified atom stereocenters. The Morgan fingerprint density at radius 2 is 2.38 bits per heavy atom. The van der Waals surface area contributed by atoms with E-state index in [1.165, 1.54) is 0 Å². The van der Waals surface area contributed by atoms with Crippen molar-refractivity contribution in [2.24, 2.45) is 0 Å². The first-order valence-electron chi connectivity index (χ1n) is 4.32. The van der Waals surface area contributed by atoms with Crippen LogP contribution in [0.3, 0.4) is 0 Å². The number of hydrogen-bond donors (Lipinski definition) is 0. The van der Waals surface area contributed by atoms with Crippen molar-refractivity contribution < 1.29 is 4.79 Å². The third-order valence-corrected chi connectivity index (χ3v) is 2.09. The standard InChI is InChI=1S/C9H11N3O/c1-7-2-4-10-9(11-7)12-5-3-8(13)6-12/h2,4H,3,5-6H2,1H3. The summed E-state index contributed by atoms with van der Waals surface area (Å²) in [5.74, 6) is 0.941. The molecule has 0 bridgehead atoms. The molecule has 1 saturated heterocycles. The minimum absolute atomic E-state index is 0.269. The van der Waals surface area contributed by atoms with E-state index in [1.54, 1.807) is 6.20 Å². The molecule has 4 heteroatoms. The van der Waals surface area contributed by atoms with Crippen LogP contribution in [-0.2, 0) is 4.79 Å². The highest BCUT2D eigenvalue weighted by molar-refractivity contribution is 5.86. The second-order valence-electron chi connectivity index (χ2n) is 3.21. The molecule has 4 nitrogen and oxygen atoms in total. The number of rotatable bonds is 1. The van der Waals surface area contributed by atoms with Gasteiger partial charge in [-0.25, -0.2) is 9.97 Å². The van der Waals surface area contributed by atoms with E-state index < -0.39 is 0 Å². The molecule has 0 amide bonds. The first-order chi connectivity index (χ1) is 6.25. The highest BCUT2D eigenvalue weighted by atomic mass is 16.1. The second-order valence-corrected chi connectivity index (χ2v) is 3.21. The van der Waals surface area contributed by atoms with Crippen molar-refractivity contribution in [2.45, 2.75) is 13.3 Å². The summed E-state index contributed by atoms with van der Waals surface area (Å²) in [5.41, 5.74) is 0.935. The quantitative estimate of drug-likeness (QED) is 0.629. The van der Waals surface area contributed by atoms with E-state index >= 15 is 0 Å². The summed E-state index contributed by atoms with van der Waals surface area (Å²) in [6, 6.07) is 1.85. The predicted molar refractivity (Wildman–Crippen MR) is 48.6 cm³/mol. The van der Waals surface area contributed by atoms with Crippen LogP contribution in [-0.4, -0.2) is 28.8 Å². The predicted octanol–water partition coefficient (Wildman–Crippen LogP) is 0.564. The third kappa shape index (κ3) is 1.66. The molecule has 68 valence electrons. The number of aryl methyl sites for hydroxylation is 1. The minimum Gasteiger partial charge on any atom is -0.333 e. The monoisotopic (exact) mass is 177 g/mol. The van der Waals surface area contributed by atoms with E-state index in [4.69, 9.17) is 0 Å². The van der Waals surface area contributed by atoms with Crippen LogP contribution < -0.4 is 4.90 Å². The van der Waals surface area contributed by atoms with Gasteiger partial charge in [0.1, 0.15) is 0 Å². The third-order valence-electron chi connectivity index (χ3n) is 2.09. The summed E-state index contributed by atoms with van der Waals surface area (Å²) in [4.78, 5) is 21.3. The first-order valence-corrected chi connectivity index (χ1v) is 4.32. The van der Waals surface area contributed by atoms with E-state index in [0.717, 1.165) is 12.2 Å². The smallest absolute Gasteiger partial charge is 0.225 e. The van der Waals surface area contributed by atoms with E-state index in [9.17, 15) is 4.79 Å². The summed E-state index contributed by atoms with van der Waals surface area (Å²) in [7, 11) is 0. The number of ketones is 1. The maximum Gasteiger partial charge on any atom is 0.225 e. The summed E-state index contributed by atoms with van der Waals surface area (Å²) in [6.45, 7) is 3.13. The van der Waals surface area contributed by atoms with Crippen LogP contribution in [0.15, 0.2) is 12.3 Å². The fourth-order valence-corrected chi connectivity index (χ4v) is 1.39. The van der Waals surface area contributed by atoms with E-state index in [-0.39, 0.29) is 5.78 Å². The Bertz CT molecular complexity index is 337. The first kappa shape index (κ1) is 8.16. The number of anilines is 1. The molecule has 1 aromatic rings. The molecule has 0 N–H and O–H groups in total. The molecule has 0 spiro atoms. The number of hydrogen-bond acceptors (Lipinski definition) is 4. The molecular weight excluding hydrogens is 166 g/mol. The summed E-state index contributed by atoms with van der Waals surface area (Å²) in [6.07, 6.45) is 2.35. The Hall–Kier alpha value is -1.45. The van der Waals surface area contributed by atoms with Gasteiger partial charge in [0.2, 0.25) is 5.95 Å². The summed E-state index contributed by atoms with van der Waals surface area (Å²) < 4.78 is 0. The Labute approximate surface area is 76.6 Å². The lowest BCUT2D eigenvalue weighted by atomic mass is 10.4. The lowest BCUT2D eigenvalue weighted by Gasteiger charge is -2.13. The van der Waals surface area contributed by atoms with Crippen molar-refractivity contribution in [2.75, 3.05) is 18.0 Å². The lowest BCUT2D eigenvalue weighted by molar-refractivity contribution is -0.116. The van der Waals surface area contributed by atoms with Crippen LogP contribution in [0.2, 0.25) is 0 Å². The zero-order valence-corrected chi connectivity index (χ0v) is 7.53. The molecule has 1 aromatic heterocycles. The zero-order chi connectivity index (χ0) is 9.26. The Morgan fingerprint density at radius 3 is 3.00 bits per heavy atom. The highest BCUT2D eigenvalue weighted by Crippen LogP contribution is 2.12. The number of nitrogens with zero attached hydrogens (tertiary/aromatic N) is 3. The van der Waals surface area contributed by atoms with Gasteiger partial charge >= 0.3 is 0 Å². The van der Waals surface area contributed by atoms with Gasteiger partial charge in [-0.15, -0.1) is 0 Å². The van der Waals surface area contributed by atoms with Gasteiger partial charge in [0, 0.05) is 24.9 Å². The normalized spacial score (nSPS) is 16.7. The van der Waals surface area contributed by atoms with Crippen molar-refractivity contribution in [3.05, 3.63) is 18.0 Å². The van der Waals surface area contributed by atoms with Gasteiger partial charge in [0.25, 0.3) is 0 Å². The molecular formula is C9H11N3O. The fourth-order valence-electron chi connectivity index (χ4n) is 1.39. The summed E-state index contributed by atoms with van der Waals surface area (Å²) in [5, 5.41) is 0. The molecule has 1 fully saturated rings. The van der Waals surface area contributed by atoms with Gasteiger partial charge in [0.15, 0.2) is 5.78 Å². The van der Waals surface area contributed by atoms with Gasteiger partial charge in [-0.05, 0) is 13.0 Å². The van der Waals surface area contributed by atoms with E-state index in [1.807, 2.05) is 17.9 Å². The SMILES string of the molecule is Cc1ccnc(N2CCC(=O)C2)n1. The van der Waals surface area contributed by atoms with Crippen LogP contribution in [0, 0.1) is 6.92 Å². The molecule has 1 aliphatic heterocycles. The van der Waals surface area contributed by atoms with E-state index in [0.29, 0.717) is 18.9 Å². The van der Waals surface area contributed by atoms with Crippen LogP contribution in [0.25, 0.3) is 0 Å². The van der Waals surface area contributed by atoms with Gasteiger partial charge in [-0.2, -0.15) is 0 Å². The van der Waals surface area contributed by atoms with Gasteiger partial charge in [-0.3, -0.25) is 4.79 Å². The summed E-state index contributed by atoms with van der Waals surface area (Å²) >= 11 is 0. The molecule has 2 rings (SSSR count). The largest absolute Gasteiger partial charge is 0.333 e. The molecule has 0 aromatic carbocycles. The minimum atomic E-state index is 0.269. The molecule has 0 aliphatic carbocycles. The molecule has 0 saturated carbocycles. The Balaban J connectivity index is 2.21. The van der Waals surface area contributed by atoms with Gasteiger partial charge in [0.05, 0.1) is 6.54 Å². The van der Waals surface area contributed by atoms with Crippen LogP contribution in [0.4, 0.5) is 5.95 Å². The van der Waals surface area contributed by atoms with Crippen molar-refractivity contribution >= 4 is 11.7 Å². The molecule has 1 aliphatic rings. The van der Waals surface area contributed by atoms with Crippen LogP contribution in [0.1, 0.15) is 12.1 Å². The topological polar surface area (TPSA) is 46.1 Å². The lowest BCUT2D eigenvalue weighted by Crippen LogP contribution is -2.22. The molecule has 0 radical (unpaired) electrons. The molecule has 2 heterocycles. The van der Waals surface area contributed by atoms with Crippen molar-refractivity contribution in [3.63, 3.8) is 0 Å². The average Bonchev–Trinajstić information content (AvgIpc) is 2.52. The number of Topliss-reactive ketones (excluding diaryl/α,β-unsaturated/α-hetero) is 1. The van der Waals surface area contributed by atoms with Crippen molar-refractivity contribution in [3.8, 4) is 0 Å². The average molecular weight is 177 g/mol. The van der Waals surface area contributed by atoms with Crippen LogP contribution in [0.5, 0.6) is 0 Å².